The van der Waals surface area contributed by atoms with Gasteiger partial charge in [-0.15, -0.1) is 0 Å². The fraction of sp³-hybridized carbons (Fsp3) is 0.294. The van der Waals surface area contributed by atoms with Crippen molar-refractivity contribution in [1.29, 1.82) is 0 Å². The minimum atomic E-state index is 0.600. The fourth-order valence-corrected chi connectivity index (χ4v) is 2.70. The molecule has 2 aromatic rings. The van der Waals surface area contributed by atoms with Gasteiger partial charge in [0.2, 0.25) is 0 Å². The molecule has 3 heteroatoms. The molecule has 0 spiro atoms. The molecule has 1 unspecified atom stereocenters. The molecule has 3 rings (SSSR count). The van der Waals surface area contributed by atoms with E-state index in [4.69, 9.17) is 9.47 Å². The summed E-state index contributed by atoms with van der Waals surface area (Å²) in [6.45, 7) is 0.938. The topological polar surface area (TPSA) is 30.5 Å². The van der Waals surface area contributed by atoms with E-state index in [2.05, 4.69) is 29.6 Å². The number of hydrogen-bond donors (Lipinski definition) is 1. The highest BCUT2D eigenvalue weighted by molar-refractivity contribution is 5.54. The van der Waals surface area contributed by atoms with Crippen LogP contribution >= 0.6 is 0 Å². The van der Waals surface area contributed by atoms with Crippen LogP contribution in [0.4, 0.5) is 5.69 Å². The van der Waals surface area contributed by atoms with Crippen LogP contribution in [0.2, 0.25) is 0 Å². The Kier molecular flexibility index (Phi) is 3.50. The van der Waals surface area contributed by atoms with E-state index in [1.807, 2.05) is 18.2 Å². The Morgan fingerprint density at radius 3 is 2.40 bits per heavy atom. The molecule has 0 saturated heterocycles. The van der Waals surface area contributed by atoms with Gasteiger partial charge in [0.1, 0.15) is 11.5 Å². The van der Waals surface area contributed by atoms with Gasteiger partial charge >= 0.3 is 0 Å². The largest absolute Gasteiger partial charge is 0.497 e. The van der Waals surface area contributed by atoms with Crippen molar-refractivity contribution < 1.29 is 9.47 Å². The lowest BCUT2D eigenvalue weighted by Crippen LogP contribution is -2.24. The first-order chi connectivity index (χ1) is 9.80. The van der Waals surface area contributed by atoms with Crippen LogP contribution in [0.3, 0.4) is 0 Å². The molecule has 0 heterocycles. The highest BCUT2D eigenvalue weighted by atomic mass is 16.5. The van der Waals surface area contributed by atoms with Gasteiger partial charge in [-0.2, -0.15) is 0 Å². The van der Waals surface area contributed by atoms with Crippen molar-refractivity contribution in [3.63, 3.8) is 0 Å². The van der Waals surface area contributed by atoms with Crippen molar-refractivity contribution in [3.8, 4) is 11.5 Å². The molecule has 0 fully saturated rings. The van der Waals surface area contributed by atoms with Gasteiger partial charge in [-0.1, -0.05) is 24.3 Å². The Balaban J connectivity index is 1.67. The maximum Gasteiger partial charge on any atom is 0.124 e. The normalized spacial score (nSPS) is 16.0. The van der Waals surface area contributed by atoms with E-state index in [-0.39, 0.29) is 0 Å². The zero-order chi connectivity index (χ0) is 13.9. The highest BCUT2D eigenvalue weighted by Gasteiger charge is 2.24. The van der Waals surface area contributed by atoms with E-state index < -0.39 is 0 Å². The predicted octanol–water partition coefficient (Wildman–Crippen LogP) is 3.46. The van der Waals surface area contributed by atoms with Gasteiger partial charge < -0.3 is 14.8 Å². The summed E-state index contributed by atoms with van der Waals surface area (Å²) in [5.74, 6) is 2.21. The van der Waals surface area contributed by atoms with E-state index in [1.54, 1.807) is 14.2 Å². The molecular weight excluding hydrogens is 250 g/mol. The number of benzene rings is 2. The molecule has 0 amide bonds. The van der Waals surface area contributed by atoms with E-state index in [0.717, 1.165) is 30.2 Å². The van der Waals surface area contributed by atoms with Gasteiger partial charge in [-0.3, -0.25) is 0 Å². The summed E-state index contributed by atoms with van der Waals surface area (Å²) in [6, 6.07) is 14.5. The Labute approximate surface area is 119 Å². The predicted molar refractivity (Wildman–Crippen MR) is 80.9 cm³/mol. The van der Waals surface area contributed by atoms with Crippen LogP contribution in [0.1, 0.15) is 17.0 Å². The minimum absolute atomic E-state index is 0.600. The first-order valence-corrected chi connectivity index (χ1v) is 6.85. The number of rotatable bonds is 5. The zero-order valence-electron chi connectivity index (χ0n) is 11.8. The second-order valence-corrected chi connectivity index (χ2v) is 5.08. The third kappa shape index (κ3) is 2.44. The molecule has 2 aromatic carbocycles. The van der Waals surface area contributed by atoms with Gasteiger partial charge in [-0.05, 0) is 17.5 Å². The van der Waals surface area contributed by atoms with Crippen LogP contribution < -0.4 is 14.8 Å². The van der Waals surface area contributed by atoms with Crippen molar-refractivity contribution in [3.05, 3.63) is 53.6 Å². The zero-order valence-corrected chi connectivity index (χ0v) is 11.8. The van der Waals surface area contributed by atoms with Gasteiger partial charge in [0.05, 0.1) is 14.2 Å². The standard InChI is InChI=1S/C17H19NO2/c1-19-15-8-14(9-16(10-15)20-2)18-11-13-7-12-5-3-4-6-17(12)13/h3-6,8-10,13,18H,7,11H2,1-2H3. The van der Waals surface area contributed by atoms with Crippen molar-refractivity contribution in [2.24, 2.45) is 0 Å². The maximum atomic E-state index is 5.28. The quantitative estimate of drug-likeness (QED) is 0.901. The summed E-state index contributed by atoms with van der Waals surface area (Å²) in [7, 11) is 3.33. The number of methoxy groups -OCH3 is 2. The van der Waals surface area contributed by atoms with Gasteiger partial charge in [0.25, 0.3) is 0 Å². The number of fused-ring (bicyclic) bond motifs is 1. The molecular formula is C17H19NO2. The van der Waals surface area contributed by atoms with E-state index in [0.29, 0.717) is 5.92 Å². The Morgan fingerprint density at radius 1 is 1.05 bits per heavy atom. The lowest BCUT2D eigenvalue weighted by atomic mass is 9.77. The second kappa shape index (κ2) is 5.45. The molecule has 104 valence electrons. The molecule has 0 bridgehead atoms. The average molecular weight is 269 g/mol. The van der Waals surface area contributed by atoms with Crippen LogP contribution in [0.15, 0.2) is 42.5 Å². The van der Waals surface area contributed by atoms with Crippen molar-refractivity contribution in [2.45, 2.75) is 12.3 Å². The number of ether oxygens (including phenoxy) is 2. The fourth-order valence-electron chi connectivity index (χ4n) is 2.70. The van der Waals surface area contributed by atoms with Gasteiger partial charge in [-0.25, -0.2) is 0 Å². The van der Waals surface area contributed by atoms with Crippen LogP contribution in [0.25, 0.3) is 0 Å². The number of anilines is 1. The molecule has 1 aliphatic carbocycles. The molecule has 1 aliphatic rings. The smallest absolute Gasteiger partial charge is 0.124 e. The molecule has 1 atom stereocenters. The highest BCUT2D eigenvalue weighted by Crippen LogP contribution is 2.35. The Hall–Kier alpha value is -2.16. The van der Waals surface area contributed by atoms with E-state index in [9.17, 15) is 0 Å². The van der Waals surface area contributed by atoms with Crippen LogP contribution in [0.5, 0.6) is 11.5 Å². The molecule has 1 N–H and O–H groups in total. The summed E-state index contributed by atoms with van der Waals surface area (Å²) in [6.07, 6.45) is 1.16. The Morgan fingerprint density at radius 2 is 1.75 bits per heavy atom. The first-order valence-electron chi connectivity index (χ1n) is 6.85. The number of nitrogens with one attached hydrogen (secondary N) is 1. The molecule has 0 aliphatic heterocycles. The van der Waals surface area contributed by atoms with Crippen molar-refractivity contribution >= 4 is 5.69 Å². The first kappa shape index (κ1) is 12.9. The van der Waals surface area contributed by atoms with Gasteiger partial charge in [0, 0.05) is 36.3 Å². The molecule has 20 heavy (non-hydrogen) atoms. The summed E-state index contributed by atoms with van der Waals surface area (Å²) in [5.41, 5.74) is 3.97. The summed E-state index contributed by atoms with van der Waals surface area (Å²) >= 11 is 0. The molecule has 0 saturated carbocycles. The van der Waals surface area contributed by atoms with Crippen molar-refractivity contribution in [2.75, 3.05) is 26.1 Å². The van der Waals surface area contributed by atoms with Crippen LogP contribution in [-0.4, -0.2) is 20.8 Å². The van der Waals surface area contributed by atoms with Crippen LogP contribution in [0, 0.1) is 0 Å². The minimum Gasteiger partial charge on any atom is -0.497 e. The lowest BCUT2D eigenvalue weighted by Gasteiger charge is -2.30. The lowest BCUT2D eigenvalue weighted by molar-refractivity contribution is 0.394. The molecule has 3 nitrogen and oxygen atoms in total. The van der Waals surface area contributed by atoms with Crippen LogP contribution in [-0.2, 0) is 6.42 Å². The maximum absolute atomic E-state index is 5.28. The monoisotopic (exact) mass is 269 g/mol. The van der Waals surface area contributed by atoms with E-state index in [1.165, 1.54) is 11.1 Å². The van der Waals surface area contributed by atoms with Crippen molar-refractivity contribution in [1.82, 2.24) is 0 Å². The SMILES string of the molecule is COc1cc(NCC2Cc3ccccc32)cc(OC)c1. The molecule has 0 radical (unpaired) electrons. The third-order valence-corrected chi connectivity index (χ3v) is 3.87. The van der Waals surface area contributed by atoms with Gasteiger partial charge in [0.15, 0.2) is 0 Å². The summed E-state index contributed by atoms with van der Waals surface area (Å²) in [4.78, 5) is 0. The summed E-state index contributed by atoms with van der Waals surface area (Å²) < 4.78 is 10.6. The van der Waals surface area contributed by atoms with E-state index >= 15 is 0 Å². The number of hydrogen-bond acceptors (Lipinski definition) is 3. The Bertz CT molecular complexity index is 587. The third-order valence-electron chi connectivity index (χ3n) is 3.87. The molecule has 0 aromatic heterocycles. The second-order valence-electron chi connectivity index (χ2n) is 5.08. The average Bonchev–Trinajstić information content (AvgIpc) is 2.47. The summed E-state index contributed by atoms with van der Waals surface area (Å²) in [5, 5.41) is 3.48.